The van der Waals surface area contributed by atoms with Crippen LogP contribution >= 0.6 is 24.0 Å². The van der Waals surface area contributed by atoms with E-state index >= 15 is 0 Å². The molecule has 1 aliphatic heterocycles. The molecular weight excluding hydrogens is 471 g/mol. The summed E-state index contributed by atoms with van der Waals surface area (Å²) in [5, 5.41) is 7.00. The van der Waals surface area contributed by atoms with Gasteiger partial charge in [0, 0.05) is 45.8 Å². The molecule has 0 aromatic carbocycles. The van der Waals surface area contributed by atoms with Crippen molar-refractivity contribution >= 4 is 29.9 Å². The first-order valence-corrected chi connectivity index (χ1v) is 10.1. The standard InChI is InChI=1S/C20H36N4O3.HI/c1-17(2)26-16-13-24-11-7-18(8-12-24)23-20(22-10-15-25-3)21-9-6-19-5-4-14-27-19;/h4-5,14,17-18H,6-13,15-16H2,1-3H3,(H2,21,22,23);1H. The zero-order valence-corrected chi connectivity index (χ0v) is 19.8. The van der Waals surface area contributed by atoms with Gasteiger partial charge in [0.2, 0.25) is 0 Å². The van der Waals surface area contributed by atoms with Crippen LogP contribution < -0.4 is 10.6 Å². The summed E-state index contributed by atoms with van der Waals surface area (Å²) in [6.45, 7) is 10.2. The van der Waals surface area contributed by atoms with Gasteiger partial charge in [-0.05, 0) is 38.8 Å². The highest BCUT2D eigenvalue weighted by Crippen LogP contribution is 2.10. The minimum Gasteiger partial charge on any atom is -0.469 e. The van der Waals surface area contributed by atoms with Crippen LogP contribution in [-0.4, -0.2) is 76.1 Å². The second kappa shape index (κ2) is 15.1. The van der Waals surface area contributed by atoms with Crippen LogP contribution in [0.25, 0.3) is 0 Å². The first kappa shape index (κ1) is 25.2. The normalized spacial score (nSPS) is 16.2. The van der Waals surface area contributed by atoms with Gasteiger partial charge in [0.25, 0.3) is 0 Å². The van der Waals surface area contributed by atoms with Crippen molar-refractivity contribution in [1.29, 1.82) is 0 Å². The molecule has 7 nitrogen and oxygen atoms in total. The quantitative estimate of drug-likeness (QED) is 0.207. The van der Waals surface area contributed by atoms with E-state index in [-0.39, 0.29) is 24.0 Å². The van der Waals surface area contributed by atoms with Crippen LogP contribution in [0.5, 0.6) is 0 Å². The molecule has 0 aliphatic carbocycles. The van der Waals surface area contributed by atoms with Crippen molar-refractivity contribution in [2.45, 2.75) is 45.3 Å². The minimum atomic E-state index is 0. The largest absolute Gasteiger partial charge is 0.469 e. The Morgan fingerprint density at radius 2 is 2.11 bits per heavy atom. The third-order valence-corrected chi connectivity index (χ3v) is 4.60. The highest BCUT2D eigenvalue weighted by Gasteiger charge is 2.19. The van der Waals surface area contributed by atoms with Crippen LogP contribution in [0, 0.1) is 0 Å². The Morgan fingerprint density at radius 3 is 2.75 bits per heavy atom. The second-order valence-electron chi connectivity index (χ2n) is 7.16. The number of nitrogens with one attached hydrogen (secondary N) is 2. The average Bonchev–Trinajstić information content (AvgIpc) is 3.16. The zero-order chi connectivity index (χ0) is 19.3. The van der Waals surface area contributed by atoms with Crippen LogP contribution in [0.1, 0.15) is 32.4 Å². The number of rotatable bonds is 11. The van der Waals surface area contributed by atoms with Crippen molar-refractivity contribution in [3.05, 3.63) is 24.2 Å². The smallest absolute Gasteiger partial charge is 0.191 e. The number of likely N-dealkylation sites (tertiary alicyclic amines) is 1. The third kappa shape index (κ3) is 10.6. The van der Waals surface area contributed by atoms with E-state index in [0.717, 1.165) is 63.8 Å². The molecule has 28 heavy (non-hydrogen) atoms. The Kier molecular flexibility index (Phi) is 13.6. The molecular formula is C20H37IN4O3. The summed E-state index contributed by atoms with van der Waals surface area (Å²) in [6.07, 6.45) is 5.09. The molecule has 162 valence electrons. The second-order valence-corrected chi connectivity index (χ2v) is 7.16. The number of nitrogens with zero attached hydrogens (tertiary/aromatic N) is 2. The Hall–Kier alpha value is -0.840. The Bertz CT molecular complexity index is 518. The third-order valence-electron chi connectivity index (χ3n) is 4.60. The molecule has 0 spiro atoms. The summed E-state index contributed by atoms with van der Waals surface area (Å²) >= 11 is 0. The van der Waals surface area contributed by atoms with E-state index in [9.17, 15) is 0 Å². The molecule has 0 radical (unpaired) electrons. The van der Waals surface area contributed by atoms with E-state index in [2.05, 4.69) is 34.4 Å². The van der Waals surface area contributed by atoms with Crippen LogP contribution in [0.2, 0.25) is 0 Å². The van der Waals surface area contributed by atoms with Gasteiger partial charge < -0.3 is 29.4 Å². The molecule has 0 atom stereocenters. The average molecular weight is 508 g/mol. The Labute approximate surface area is 186 Å². The monoisotopic (exact) mass is 508 g/mol. The lowest BCUT2D eigenvalue weighted by molar-refractivity contribution is 0.0532. The van der Waals surface area contributed by atoms with Crippen molar-refractivity contribution in [2.24, 2.45) is 4.99 Å². The van der Waals surface area contributed by atoms with Crippen LogP contribution in [0.15, 0.2) is 27.8 Å². The predicted octanol–water partition coefficient (Wildman–Crippen LogP) is 2.51. The lowest BCUT2D eigenvalue weighted by Gasteiger charge is -2.33. The van der Waals surface area contributed by atoms with Gasteiger partial charge in [-0.25, -0.2) is 0 Å². The fraction of sp³-hybridized carbons (Fsp3) is 0.750. The topological polar surface area (TPSA) is 71.3 Å². The molecule has 2 N–H and O–H groups in total. The molecule has 1 fully saturated rings. The number of hydrogen-bond acceptors (Lipinski definition) is 5. The van der Waals surface area contributed by atoms with E-state index in [1.54, 1.807) is 13.4 Å². The maximum absolute atomic E-state index is 5.66. The van der Waals surface area contributed by atoms with Gasteiger partial charge in [-0.1, -0.05) is 0 Å². The zero-order valence-electron chi connectivity index (χ0n) is 17.5. The van der Waals surface area contributed by atoms with Crippen molar-refractivity contribution in [2.75, 3.05) is 53.0 Å². The molecule has 0 amide bonds. The number of halogens is 1. The summed E-state index contributed by atoms with van der Waals surface area (Å²) in [5.74, 6) is 1.84. The number of aliphatic imine (C=N–C) groups is 1. The number of furan rings is 1. The molecule has 0 unspecified atom stereocenters. The van der Waals surface area contributed by atoms with Gasteiger partial charge in [-0.3, -0.25) is 4.99 Å². The highest BCUT2D eigenvalue weighted by atomic mass is 127. The minimum absolute atomic E-state index is 0. The number of ether oxygens (including phenoxy) is 2. The number of hydrogen-bond donors (Lipinski definition) is 2. The van der Waals surface area contributed by atoms with Gasteiger partial charge in [0.1, 0.15) is 5.76 Å². The van der Waals surface area contributed by atoms with E-state index in [1.807, 2.05) is 12.1 Å². The molecule has 0 bridgehead atoms. The van der Waals surface area contributed by atoms with E-state index in [1.165, 1.54) is 0 Å². The number of piperidine rings is 1. The number of methoxy groups -OCH3 is 1. The maximum Gasteiger partial charge on any atom is 0.191 e. The van der Waals surface area contributed by atoms with Crippen molar-refractivity contribution in [1.82, 2.24) is 15.5 Å². The van der Waals surface area contributed by atoms with Gasteiger partial charge >= 0.3 is 0 Å². The van der Waals surface area contributed by atoms with Crippen LogP contribution in [0.3, 0.4) is 0 Å². The fourth-order valence-corrected chi connectivity index (χ4v) is 3.07. The molecule has 1 saturated heterocycles. The lowest BCUT2D eigenvalue weighted by atomic mass is 10.1. The SMILES string of the molecule is COCCN=C(NCCc1ccco1)NC1CCN(CCOC(C)C)CC1.I. The summed E-state index contributed by atoms with van der Waals surface area (Å²) in [7, 11) is 1.70. The van der Waals surface area contributed by atoms with Crippen molar-refractivity contribution in [3.8, 4) is 0 Å². The first-order chi connectivity index (χ1) is 13.2. The lowest BCUT2D eigenvalue weighted by Crippen LogP contribution is -2.49. The van der Waals surface area contributed by atoms with Gasteiger partial charge in [-0.15, -0.1) is 24.0 Å². The first-order valence-electron chi connectivity index (χ1n) is 10.1. The van der Waals surface area contributed by atoms with Crippen LogP contribution in [-0.2, 0) is 15.9 Å². The van der Waals surface area contributed by atoms with Crippen molar-refractivity contribution < 1.29 is 13.9 Å². The molecule has 1 aromatic rings. The predicted molar refractivity (Wildman–Crippen MR) is 124 cm³/mol. The molecule has 8 heteroatoms. The highest BCUT2D eigenvalue weighted by molar-refractivity contribution is 14.0. The van der Waals surface area contributed by atoms with E-state index < -0.39 is 0 Å². The molecule has 2 rings (SSSR count). The molecule has 2 heterocycles. The summed E-state index contributed by atoms with van der Waals surface area (Å²) in [6, 6.07) is 4.36. The summed E-state index contributed by atoms with van der Waals surface area (Å²) < 4.78 is 16.2. The van der Waals surface area contributed by atoms with Gasteiger partial charge in [-0.2, -0.15) is 0 Å². The van der Waals surface area contributed by atoms with Gasteiger partial charge in [0.05, 0.1) is 32.1 Å². The van der Waals surface area contributed by atoms with Gasteiger partial charge in [0.15, 0.2) is 5.96 Å². The fourth-order valence-electron chi connectivity index (χ4n) is 3.07. The maximum atomic E-state index is 5.66. The summed E-state index contributed by atoms with van der Waals surface area (Å²) in [4.78, 5) is 7.10. The van der Waals surface area contributed by atoms with Crippen molar-refractivity contribution in [3.63, 3.8) is 0 Å². The Balaban J connectivity index is 0.00000392. The van der Waals surface area contributed by atoms with E-state index in [4.69, 9.17) is 13.9 Å². The molecule has 1 aliphatic rings. The van der Waals surface area contributed by atoms with E-state index in [0.29, 0.717) is 25.3 Å². The number of guanidine groups is 1. The van der Waals surface area contributed by atoms with Crippen LogP contribution in [0.4, 0.5) is 0 Å². The Morgan fingerprint density at radius 1 is 1.32 bits per heavy atom. The molecule has 0 saturated carbocycles. The molecule has 1 aromatic heterocycles. The summed E-state index contributed by atoms with van der Waals surface area (Å²) in [5.41, 5.74) is 0.